The first-order valence-corrected chi connectivity index (χ1v) is 7.44. The molecule has 1 fully saturated rings. The van der Waals surface area contributed by atoms with E-state index in [1.807, 2.05) is 6.07 Å². The summed E-state index contributed by atoms with van der Waals surface area (Å²) >= 11 is 0. The average molecular weight is 326 g/mol. The maximum atomic E-state index is 12.0. The van der Waals surface area contributed by atoms with E-state index in [1.54, 1.807) is 24.3 Å². The van der Waals surface area contributed by atoms with Crippen molar-refractivity contribution in [3.63, 3.8) is 0 Å². The monoisotopic (exact) mass is 325 g/mol. The third-order valence-corrected chi connectivity index (χ3v) is 3.99. The van der Waals surface area contributed by atoms with E-state index in [9.17, 15) is 9.59 Å². The number of piperidine rings is 1. The lowest BCUT2D eigenvalue weighted by Gasteiger charge is -2.36. The van der Waals surface area contributed by atoms with Gasteiger partial charge in [-0.3, -0.25) is 9.59 Å². The molecule has 5 nitrogen and oxygen atoms in total. The van der Waals surface area contributed by atoms with Crippen LogP contribution in [0.15, 0.2) is 30.3 Å². The Balaban J connectivity index is 0.00000242. The second kappa shape index (κ2) is 8.76. The lowest BCUT2D eigenvalue weighted by atomic mass is 9.89. The van der Waals surface area contributed by atoms with Gasteiger partial charge in [-0.25, -0.2) is 0 Å². The molecule has 3 unspecified atom stereocenters. The molecule has 2 amide bonds. The molecule has 0 aromatic heterocycles. The van der Waals surface area contributed by atoms with Crippen LogP contribution in [0.5, 0.6) is 0 Å². The number of hydrogen-bond acceptors (Lipinski definition) is 3. The minimum atomic E-state index is -0.228. The highest BCUT2D eigenvalue weighted by molar-refractivity contribution is 5.96. The molecule has 1 aromatic rings. The fourth-order valence-corrected chi connectivity index (χ4v) is 2.69. The van der Waals surface area contributed by atoms with E-state index in [0.29, 0.717) is 11.5 Å². The Morgan fingerprint density at radius 2 is 1.91 bits per heavy atom. The highest BCUT2D eigenvalue weighted by Crippen LogP contribution is 2.15. The van der Waals surface area contributed by atoms with E-state index in [0.717, 1.165) is 13.0 Å². The van der Waals surface area contributed by atoms with Crippen molar-refractivity contribution in [2.24, 2.45) is 5.92 Å². The molecule has 0 bridgehead atoms. The topological polar surface area (TPSA) is 70.2 Å². The summed E-state index contributed by atoms with van der Waals surface area (Å²) in [4.78, 5) is 23.9. The molecule has 3 atom stereocenters. The summed E-state index contributed by atoms with van der Waals surface area (Å²) < 4.78 is 0. The second-order valence-corrected chi connectivity index (χ2v) is 5.65. The van der Waals surface area contributed by atoms with Gasteiger partial charge in [0.05, 0.1) is 6.54 Å². The Morgan fingerprint density at radius 3 is 2.55 bits per heavy atom. The normalized spacial score (nSPS) is 24.0. The van der Waals surface area contributed by atoms with E-state index in [2.05, 4.69) is 29.8 Å². The number of amides is 2. The van der Waals surface area contributed by atoms with Gasteiger partial charge in [0, 0.05) is 17.6 Å². The molecule has 2 rings (SSSR count). The van der Waals surface area contributed by atoms with Crippen molar-refractivity contribution in [2.75, 3.05) is 13.1 Å². The van der Waals surface area contributed by atoms with Crippen LogP contribution in [-0.4, -0.2) is 37.0 Å². The number of rotatable bonds is 4. The lowest BCUT2D eigenvalue weighted by molar-refractivity contribution is -0.121. The van der Waals surface area contributed by atoms with Crippen LogP contribution in [0.4, 0.5) is 0 Å². The van der Waals surface area contributed by atoms with E-state index in [4.69, 9.17) is 0 Å². The number of benzene rings is 1. The molecular weight excluding hydrogens is 302 g/mol. The molecule has 0 spiro atoms. The summed E-state index contributed by atoms with van der Waals surface area (Å²) in [6, 6.07) is 9.26. The molecule has 122 valence electrons. The molecule has 1 aromatic carbocycles. The highest BCUT2D eigenvalue weighted by Gasteiger charge is 2.28. The summed E-state index contributed by atoms with van der Waals surface area (Å²) in [7, 11) is 0. The van der Waals surface area contributed by atoms with Gasteiger partial charge in [-0.2, -0.15) is 0 Å². The second-order valence-electron chi connectivity index (χ2n) is 5.65. The van der Waals surface area contributed by atoms with Crippen molar-refractivity contribution in [2.45, 2.75) is 32.4 Å². The van der Waals surface area contributed by atoms with Crippen LogP contribution in [0, 0.1) is 5.92 Å². The van der Waals surface area contributed by atoms with Gasteiger partial charge < -0.3 is 16.0 Å². The Bertz CT molecular complexity index is 485. The quantitative estimate of drug-likeness (QED) is 0.782. The largest absolute Gasteiger partial charge is 0.350 e. The van der Waals surface area contributed by atoms with Crippen molar-refractivity contribution < 1.29 is 9.59 Å². The molecule has 0 aliphatic carbocycles. The minimum Gasteiger partial charge on any atom is -0.350 e. The van der Waals surface area contributed by atoms with Gasteiger partial charge in [-0.15, -0.1) is 12.4 Å². The first kappa shape index (κ1) is 18.5. The van der Waals surface area contributed by atoms with E-state index in [-0.39, 0.29) is 42.8 Å². The van der Waals surface area contributed by atoms with Gasteiger partial charge in [-0.1, -0.05) is 25.1 Å². The molecule has 22 heavy (non-hydrogen) atoms. The van der Waals surface area contributed by atoms with E-state index in [1.165, 1.54) is 0 Å². The standard InChI is InChI=1S/C16H23N3O2.ClH/c1-11-8-9-17-12(2)15(11)19-14(20)10-18-16(21)13-6-4-3-5-7-13;/h3-7,11-12,15,17H,8-10H2,1-2H3,(H,18,21)(H,19,20);1H. The maximum Gasteiger partial charge on any atom is 0.251 e. The summed E-state index contributed by atoms with van der Waals surface area (Å²) in [5, 5.41) is 9.01. The molecule has 1 saturated heterocycles. The van der Waals surface area contributed by atoms with E-state index >= 15 is 0 Å². The highest BCUT2D eigenvalue weighted by atomic mass is 35.5. The van der Waals surface area contributed by atoms with Crippen molar-refractivity contribution in [1.82, 2.24) is 16.0 Å². The Morgan fingerprint density at radius 1 is 1.23 bits per heavy atom. The fourth-order valence-electron chi connectivity index (χ4n) is 2.69. The van der Waals surface area contributed by atoms with Crippen LogP contribution in [0.2, 0.25) is 0 Å². The smallest absolute Gasteiger partial charge is 0.251 e. The molecule has 1 heterocycles. The summed E-state index contributed by atoms with van der Waals surface area (Å²) in [5.41, 5.74) is 0.561. The van der Waals surface area contributed by atoms with Crippen molar-refractivity contribution >= 4 is 24.2 Å². The van der Waals surface area contributed by atoms with Crippen molar-refractivity contribution in [3.05, 3.63) is 35.9 Å². The fraction of sp³-hybridized carbons (Fsp3) is 0.500. The Labute approximate surface area is 137 Å². The number of carbonyl (C=O) groups is 2. The molecule has 0 radical (unpaired) electrons. The molecule has 0 saturated carbocycles. The van der Waals surface area contributed by atoms with Gasteiger partial charge >= 0.3 is 0 Å². The SMILES string of the molecule is CC1CCNC(C)C1NC(=O)CNC(=O)c1ccccc1.Cl. The van der Waals surface area contributed by atoms with Gasteiger partial charge in [0.25, 0.3) is 5.91 Å². The molecule has 6 heteroatoms. The van der Waals surface area contributed by atoms with Gasteiger partial charge in [0.2, 0.25) is 5.91 Å². The number of hydrogen-bond donors (Lipinski definition) is 3. The van der Waals surface area contributed by atoms with Gasteiger partial charge in [0.15, 0.2) is 0 Å². The number of halogens is 1. The third-order valence-electron chi connectivity index (χ3n) is 3.99. The maximum absolute atomic E-state index is 12.0. The number of nitrogens with one attached hydrogen (secondary N) is 3. The zero-order valence-electron chi connectivity index (χ0n) is 13.0. The summed E-state index contributed by atoms with van der Waals surface area (Å²) in [6.07, 6.45) is 1.05. The third kappa shape index (κ3) is 5.00. The average Bonchev–Trinajstić information content (AvgIpc) is 2.49. The predicted octanol–water partition coefficient (Wildman–Crippen LogP) is 1.34. The number of carbonyl (C=O) groups excluding carboxylic acids is 2. The van der Waals surface area contributed by atoms with Crippen molar-refractivity contribution in [1.29, 1.82) is 0 Å². The van der Waals surface area contributed by atoms with Crippen LogP contribution >= 0.6 is 12.4 Å². The van der Waals surface area contributed by atoms with Gasteiger partial charge in [-0.05, 0) is 37.9 Å². The summed E-state index contributed by atoms with van der Waals surface area (Å²) in [5.74, 6) is 0.0651. The molecule has 3 N–H and O–H groups in total. The summed E-state index contributed by atoms with van der Waals surface area (Å²) in [6.45, 7) is 5.21. The molecular formula is C16H24ClN3O2. The minimum absolute atomic E-state index is 0. The lowest BCUT2D eigenvalue weighted by Crippen LogP contribution is -2.57. The first-order valence-electron chi connectivity index (χ1n) is 7.44. The Hall–Kier alpha value is -1.59. The molecule has 1 aliphatic heterocycles. The zero-order chi connectivity index (χ0) is 15.2. The van der Waals surface area contributed by atoms with Crippen LogP contribution in [0.3, 0.4) is 0 Å². The van der Waals surface area contributed by atoms with Crippen molar-refractivity contribution in [3.8, 4) is 0 Å². The zero-order valence-corrected chi connectivity index (χ0v) is 13.8. The predicted molar refractivity (Wildman–Crippen MR) is 89.2 cm³/mol. The van der Waals surface area contributed by atoms with Gasteiger partial charge in [0.1, 0.15) is 0 Å². The van der Waals surface area contributed by atoms with E-state index < -0.39 is 0 Å². The first-order chi connectivity index (χ1) is 10.1. The van der Waals surface area contributed by atoms with Crippen LogP contribution in [0.1, 0.15) is 30.6 Å². The Kier molecular flexibility index (Phi) is 7.35. The molecule has 1 aliphatic rings. The van der Waals surface area contributed by atoms with Crippen LogP contribution in [-0.2, 0) is 4.79 Å². The van der Waals surface area contributed by atoms with Crippen LogP contribution < -0.4 is 16.0 Å². The van der Waals surface area contributed by atoms with Crippen LogP contribution in [0.25, 0.3) is 0 Å².